The zero-order valence-electron chi connectivity index (χ0n) is 14.5. The number of hydrogen-bond donors (Lipinski definition) is 2. The third-order valence-electron chi connectivity index (χ3n) is 6.12. The molecule has 0 radical (unpaired) electrons. The van der Waals surface area contributed by atoms with E-state index in [1.807, 2.05) is 20.8 Å². The molecule has 2 N–H and O–H groups in total. The van der Waals surface area contributed by atoms with E-state index < -0.39 is 5.41 Å². The molecule has 1 heterocycles. The first-order valence-electron chi connectivity index (χ1n) is 8.45. The molecule has 4 heteroatoms. The number of phenols is 2. The molecule has 0 spiro atoms. The number of phenolic OH excluding ortho intramolecular Hbond substituents is 2. The Morgan fingerprint density at radius 2 is 1.96 bits per heavy atom. The molecule has 0 fully saturated rings. The van der Waals surface area contributed by atoms with E-state index in [9.17, 15) is 15.0 Å². The first-order chi connectivity index (χ1) is 11.3. The monoisotopic (exact) mass is 326 g/mol. The Morgan fingerprint density at radius 1 is 1.25 bits per heavy atom. The molecule has 0 bridgehead atoms. The summed E-state index contributed by atoms with van der Waals surface area (Å²) in [6.07, 6.45) is 3.35. The highest BCUT2D eigenvalue weighted by molar-refractivity contribution is 6.12. The molecule has 126 valence electrons. The van der Waals surface area contributed by atoms with E-state index in [0.717, 1.165) is 24.0 Å². The SMILES string of the molecule is CC1=C(C)C2=CC(=O)c3c(O)c4c(c(O)c3C2(C)CC1)OCC4C. The fourth-order valence-corrected chi connectivity index (χ4v) is 4.53. The minimum atomic E-state index is -0.487. The molecule has 24 heavy (non-hydrogen) atoms. The summed E-state index contributed by atoms with van der Waals surface area (Å²) in [4.78, 5) is 12.8. The van der Waals surface area contributed by atoms with E-state index in [1.54, 1.807) is 6.08 Å². The van der Waals surface area contributed by atoms with Gasteiger partial charge in [-0.15, -0.1) is 0 Å². The first kappa shape index (κ1) is 15.3. The van der Waals surface area contributed by atoms with Gasteiger partial charge < -0.3 is 14.9 Å². The molecule has 0 amide bonds. The fraction of sp³-hybridized carbons (Fsp3) is 0.450. The Labute approximate surface area is 141 Å². The number of aromatic hydroxyl groups is 2. The number of allylic oxidation sites excluding steroid dienone is 4. The Hall–Kier alpha value is -2.23. The lowest BCUT2D eigenvalue weighted by Crippen LogP contribution is -2.34. The van der Waals surface area contributed by atoms with Crippen LogP contribution < -0.4 is 4.74 Å². The lowest BCUT2D eigenvalue weighted by Gasteiger charge is -2.42. The van der Waals surface area contributed by atoms with Gasteiger partial charge in [0.1, 0.15) is 5.75 Å². The number of rotatable bonds is 0. The van der Waals surface area contributed by atoms with Gasteiger partial charge in [0.15, 0.2) is 17.3 Å². The quantitative estimate of drug-likeness (QED) is 0.704. The van der Waals surface area contributed by atoms with Crippen molar-refractivity contribution >= 4 is 5.78 Å². The first-order valence-corrected chi connectivity index (χ1v) is 8.45. The number of ketones is 1. The van der Waals surface area contributed by atoms with Gasteiger partial charge in [0.25, 0.3) is 0 Å². The standard InChI is InChI=1S/C20H22O4/c1-9-5-6-20(4)12(11(9)3)7-13(21)15-16(20)18(23)19-14(17(15)22)10(2)8-24-19/h7,10,22-23H,5-6,8H2,1-4H3. The molecule has 0 saturated heterocycles. The summed E-state index contributed by atoms with van der Waals surface area (Å²) in [7, 11) is 0. The molecular weight excluding hydrogens is 304 g/mol. The molecule has 2 aliphatic carbocycles. The van der Waals surface area contributed by atoms with Crippen LogP contribution >= 0.6 is 0 Å². The average molecular weight is 326 g/mol. The summed E-state index contributed by atoms with van der Waals surface area (Å²) >= 11 is 0. The molecule has 4 rings (SSSR count). The minimum Gasteiger partial charge on any atom is -0.507 e. The summed E-state index contributed by atoms with van der Waals surface area (Å²) in [5.74, 6) is 0.0702. The number of carbonyl (C=O) groups is 1. The Bertz CT molecular complexity index is 859. The van der Waals surface area contributed by atoms with E-state index in [1.165, 1.54) is 5.57 Å². The molecule has 2 unspecified atom stereocenters. The second-order valence-corrected chi connectivity index (χ2v) is 7.56. The molecule has 0 saturated carbocycles. The van der Waals surface area contributed by atoms with Crippen LogP contribution in [0.1, 0.15) is 67.9 Å². The van der Waals surface area contributed by atoms with Gasteiger partial charge in [-0.1, -0.05) is 19.4 Å². The van der Waals surface area contributed by atoms with Gasteiger partial charge in [-0.3, -0.25) is 4.79 Å². The van der Waals surface area contributed by atoms with Gasteiger partial charge in [0.2, 0.25) is 0 Å². The Kier molecular flexibility index (Phi) is 2.97. The molecule has 4 nitrogen and oxygen atoms in total. The summed E-state index contributed by atoms with van der Waals surface area (Å²) in [6.45, 7) is 8.48. The van der Waals surface area contributed by atoms with Gasteiger partial charge >= 0.3 is 0 Å². The van der Waals surface area contributed by atoms with Crippen LogP contribution in [-0.4, -0.2) is 22.6 Å². The normalized spacial score (nSPS) is 28.1. The highest BCUT2D eigenvalue weighted by Crippen LogP contribution is 2.59. The molecule has 1 aromatic carbocycles. The van der Waals surface area contributed by atoms with Crippen LogP contribution in [0.3, 0.4) is 0 Å². The zero-order chi connectivity index (χ0) is 17.4. The summed E-state index contributed by atoms with van der Waals surface area (Å²) < 4.78 is 5.64. The van der Waals surface area contributed by atoms with Gasteiger partial charge in [0.05, 0.1) is 12.2 Å². The van der Waals surface area contributed by atoms with Crippen LogP contribution in [0.25, 0.3) is 0 Å². The largest absolute Gasteiger partial charge is 0.507 e. The van der Waals surface area contributed by atoms with Gasteiger partial charge in [-0.2, -0.15) is 0 Å². The van der Waals surface area contributed by atoms with E-state index in [-0.39, 0.29) is 28.8 Å². The maximum atomic E-state index is 12.8. The van der Waals surface area contributed by atoms with E-state index in [0.29, 0.717) is 23.5 Å². The van der Waals surface area contributed by atoms with Crippen LogP contribution in [0.4, 0.5) is 0 Å². The van der Waals surface area contributed by atoms with Crippen molar-refractivity contribution in [3.05, 3.63) is 39.5 Å². The van der Waals surface area contributed by atoms with Crippen molar-refractivity contribution in [3.8, 4) is 17.2 Å². The predicted octanol–water partition coefficient (Wildman–Crippen LogP) is 4.10. The zero-order valence-corrected chi connectivity index (χ0v) is 14.5. The molecule has 0 aromatic heterocycles. The van der Waals surface area contributed by atoms with Crippen molar-refractivity contribution in [2.24, 2.45) is 0 Å². The van der Waals surface area contributed by atoms with E-state index >= 15 is 0 Å². The van der Waals surface area contributed by atoms with Crippen LogP contribution in [0.2, 0.25) is 0 Å². The van der Waals surface area contributed by atoms with Gasteiger partial charge in [0, 0.05) is 22.5 Å². The predicted molar refractivity (Wildman–Crippen MR) is 91.1 cm³/mol. The van der Waals surface area contributed by atoms with Crippen molar-refractivity contribution in [2.75, 3.05) is 6.61 Å². The summed E-state index contributed by atoms with van der Waals surface area (Å²) in [5.41, 5.74) is 4.17. The Balaban J connectivity index is 2.08. The van der Waals surface area contributed by atoms with E-state index in [2.05, 4.69) is 6.92 Å². The van der Waals surface area contributed by atoms with Crippen LogP contribution in [0.15, 0.2) is 22.8 Å². The van der Waals surface area contributed by atoms with Crippen molar-refractivity contribution in [1.82, 2.24) is 0 Å². The third-order valence-corrected chi connectivity index (χ3v) is 6.12. The molecule has 1 aromatic rings. The van der Waals surface area contributed by atoms with Gasteiger partial charge in [-0.25, -0.2) is 0 Å². The average Bonchev–Trinajstić information content (AvgIpc) is 2.92. The van der Waals surface area contributed by atoms with Crippen LogP contribution in [-0.2, 0) is 5.41 Å². The fourth-order valence-electron chi connectivity index (χ4n) is 4.53. The van der Waals surface area contributed by atoms with Crippen molar-refractivity contribution < 1.29 is 19.7 Å². The van der Waals surface area contributed by atoms with E-state index in [4.69, 9.17) is 4.74 Å². The number of fused-ring (bicyclic) bond motifs is 4. The number of ether oxygens (including phenoxy) is 1. The van der Waals surface area contributed by atoms with Crippen LogP contribution in [0.5, 0.6) is 17.2 Å². The minimum absolute atomic E-state index is 0.0201. The summed E-state index contributed by atoms with van der Waals surface area (Å²) in [5, 5.41) is 21.7. The second kappa shape index (κ2) is 4.65. The highest BCUT2D eigenvalue weighted by Gasteiger charge is 2.47. The Morgan fingerprint density at radius 3 is 2.67 bits per heavy atom. The summed E-state index contributed by atoms with van der Waals surface area (Å²) in [6, 6.07) is 0. The smallest absolute Gasteiger partial charge is 0.190 e. The lowest BCUT2D eigenvalue weighted by molar-refractivity contribution is 0.103. The van der Waals surface area contributed by atoms with Crippen molar-refractivity contribution in [3.63, 3.8) is 0 Å². The third kappa shape index (κ3) is 1.66. The van der Waals surface area contributed by atoms with Crippen molar-refractivity contribution in [1.29, 1.82) is 0 Å². The second-order valence-electron chi connectivity index (χ2n) is 7.56. The highest BCUT2D eigenvalue weighted by atomic mass is 16.5. The molecule has 3 aliphatic rings. The number of carbonyl (C=O) groups excluding carboxylic acids is 1. The maximum absolute atomic E-state index is 12.8. The lowest BCUT2D eigenvalue weighted by atomic mass is 9.61. The molecule has 1 aliphatic heterocycles. The number of benzene rings is 1. The van der Waals surface area contributed by atoms with Crippen LogP contribution in [0, 0.1) is 0 Å². The number of hydrogen-bond acceptors (Lipinski definition) is 4. The van der Waals surface area contributed by atoms with Crippen molar-refractivity contribution in [2.45, 2.75) is 51.9 Å². The maximum Gasteiger partial charge on any atom is 0.190 e. The molecular formula is C20H22O4. The van der Waals surface area contributed by atoms with Gasteiger partial charge in [-0.05, 0) is 43.9 Å². The topological polar surface area (TPSA) is 66.8 Å². The molecule has 2 atom stereocenters.